The monoisotopic (exact) mass is 582 g/mol. The highest BCUT2D eigenvalue weighted by Gasteiger charge is 2.50. The van der Waals surface area contributed by atoms with Crippen LogP contribution in [0, 0.1) is 0 Å². The number of phenolic OH excluding ortho intramolecular Hbond substituents is 2. The van der Waals surface area contributed by atoms with Crippen molar-refractivity contribution in [2.75, 3.05) is 13.2 Å². The Kier molecular flexibility index (Phi) is 9.75. The molecule has 224 valence electrons. The van der Waals surface area contributed by atoms with Crippen LogP contribution in [-0.2, 0) is 23.7 Å². The molecule has 8 N–H and O–H groups in total. The summed E-state index contributed by atoms with van der Waals surface area (Å²) >= 11 is 0. The molecule has 0 unspecified atom stereocenters. The van der Waals surface area contributed by atoms with E-state index in [2.05, 4.69) is 0 Å². The molecule has 2 aromatic carbocycles. The average Bonchev–Trinajstić information content (AvgIpc) is 2.96. The van der Waals surface area contributed by atoms with Crippen molar-refractivity contribution in [3.8, 4) is 11.5 Å². The van der Waals surface area contributed by atoms with E-state index in [1.165, 1.54) is 48.5 Å². The molecule has 0 spiro atoms. The second kappa shape index (κ2) is 13.1. The number of aromatic hydroxyl groups is 2. The Morgan fingerprint density at radius 1 is 0.561 bits per heavy atom. The molecule has 41 heavy (non-hydrogen) atoms. The van der Waals surface area contributed by atoms with Crippen LogP contribution >= 0.6 is 0 Å². The minimum Gasteiger partial charge on any atom is -0.508 e. The molecule has 2 aromatic rings. The number of aliphatic hydroxyl groups is 6. The van der Waals surface area contributed by atoms with Gasteiger partial charge in [0.2, 0.25) is 0 Å². The maximum absolute atomic E-state index is 12.3. The van der Waals surface area contributed by atoms with Crippen molar-refractivity contribution in [1.29, 1.82) is 0 Å². The van der Waals surface area contributed by atoms with Gasteiger partial charge in [-0.25, -0.2) is 9.59 Å². The molecule has 2 heterocycles. The minimum absolute atomic E-state index is 0.0740. The molecule has 4 rings (SSSR count). The maximum Gasteiger partial charge on any atom is 0.338 e. The van der Waals surface area contributed by atoms with Crippen LogP contribution < -0.4 is 0 Å². The fraction of sp³-hybridized carbons (Fsp3) is 0.462. The first-order valence-electron chi connectivity index (χ1n) is 12.4. The predicted octanol–water partition coefficient (Wildman–Crippen LogP) is -2.26. The summed E-state index contributed by atoms with van der Waals surface area (Å²) in [5.41, 5.74) is 0.148. The first-order chi connectivity index (χ1) is 19.5. The van der Waals surface area contributed by atoms with Gasteiger partial charge < -0.3 is 64.5 Å². The van der Waals surface area contributed by atoms with E-state index in [1.807, 2.05) is 0 Å². The number of phenols is 2. The molecule has 0 radical (unpaired) electrons. The van der Waals surface area contributed by atoms with Crippen LogP contribution in [0.5, 0.6) is 11.5 Å². The zero-order valence-corrected chi connectivity index (χ0v) is 21.2. The molecule has 0 saturated carbocycles. The van der Waals surface area contributed by atoms with Crippen molar-refractivity contribution >= 4 is 11.9 Å². The number of carbonyl (C=O) groups excluding carboxylic acids is 2. The Bertz CT molecular complexity index is 1080. The first-order valence-corrected chi connectivity index (χ1v) is 12.4. The van der Waals surface area contributed by atoms with Crippen molar-refractivity contribution in [2.24, 2.45) is 0 Å². The fourth-order valence-corrected chi connectivity index (χ4v) is 4.14. The molecule has 0 aromatic heterocycles. The molecule has 15 nitrogen and oxygen atoms in total. The van der Waals surface area contributed by atoms with Gasteiger partial charge in [-0.2, -0.15) is 0 Å². The largest absolute Gasteiger partial charge is 0.508 e. The van der Waals surface area contributed by atoms with Crippen LogP contribution in [0.4, 0.5) is 0 Å². The van der Waals surface area contributed by atoms with Gasteiger partial charge in [-0.05, 0) is 48.5 Å². The second-order valence-electron chi connectivity index (χ2n) is 9.46. The highest BCUT2D eigenvalue weighted by molar-refractivity contribution is 5.90. The normalized spacial score (nSPS) is 33.6. The Balaban J connectivity index is 1.38. The molecule has 2 aliphatic heterocycles. The number of esters is 2. The Labute approximate surface area is 232 Å². The molecule has 0 aliphatic carbocycles. The van der Waals surface area contributed by atoms with Crippen molar-refractivity contribution < 1.29 is 74.1 Å². The molecule has 2 saturated heterocycles. The average molecular weight is 583 g/mol. The van der Waals surface area contributed by atoms with Crippen LogP contribution in [0.2, 0.25) is 0 Å². The van der Waals surface area contributed by atoms with E-state index in [9.17, 15) is 50.4 Å². The SMILES string of the molecule is O=C(OC[C@H]1O[C@H](O[C@H]2O[C@H](COC(=O)c3ccc(O)cc3)[C@@H](O)[C@H](O)[C@H]2O)[C@H](O)[C@@H](O)[C@@H]1O)c1ccc(O)cc1. The number of carbonyl (C=O) groups is 2. The predicted molar refractivity (Wildman–Crippen MR) is 131 cm³/mol. The van der Waals surface area contributed by atoms with E-state index >= 15 is 0 Å². The molecular formula is C26H30O15. The summed E-state index contributed by atoms with van der Waals surface area (Å²) in [6.07, 6.45) is -17.4. The molecule has 2 aliphatic rings. The highest BCUT2D eigenvalue weighted by atomic mass is 16.8. The van der Waals surface area contributed by atoms with Gasteiger partial charge in [-0.15, -0.1) is 0 Å². The van der Waals surface area contributed by atoms with Gasteiger partial charge in [0.1, 0.15) is 73.5 Å². The Morgan fingerprint density at radius 3 is 1.24 bits per heavy atom. The van der Waals surface area contributed by atoms with Crippen molar-refractivity contribution in [1.82, 2.24) is 0 Å². The molecule has 10 atom stereocenters. The van der Waals surface area contributed by atoms with Gasteiger partial charge in [-0.1, -0.05) is 0 Å². The zero-order chi connectivity index (χ0) is 29.8. The van der Waals surface area contributed by atoms with Gasteiger partial charge in [-0.3, -0.25) is 0 Å². The number of hydrogen-bond donors (Lipinski definition) is 8. The summed E-state index contributed by atoms with van der Waals surface area (Å²) in [5.74, 6) is -1.84. The maximum atomic E-state index is 12.3. The smallest absolute Gasteiger partial charge is 0.338 e. The Hall–Kier alpha value is -3.38. The quantitative estimate of drug-likeness (QED) is 0.153. The van der Waals surface area contributed by atoms with E-state index in [-0.39, 0.29) is 22.6 Å². The van der Waals surface area contributed by atoms with Crippen LogP contribution in [0.1, 0.15) is 20.7 Å². The number of benzene rings is 2. The minimum atomic E-state index is -1.89. The van der Waals surface area contributed by atoms with Crippen LogP contribution in [-0.4, -0.2) is 127 Å². The van der Waals surface area contributed by atoms with Crippen LogP contribution in [0.15, 0.2) is 48.5 Å². The molecule has 15 heteroatoms. The van der Waals surface area contributed by atoms with Crippen LogP contribution in [0.3, 0.4) is 0 Å². The Morgan fingerprint density at radius 2 is 0.902 bits per heavy atom. The number of aliphatic hydroxyl groups excluding tert-OH is 6. The lowest BCUT2D eigenvalue weighted by molar-refractivity contribution is -0.376. The summed E-state index contributed by atoms with van der Waals surface area (Å²) in [6, 6.07) is 10.2. The second-order valence-corrected chi connectivity index (χ2v) is 9.46. The molecule has 0 amide bonds. The fourth-order valence-electron chi connectivity index (χ4n) is 4.14. The van der Waals surface area contributed by atoms with Crippen LogP contribution in [0.25, 0.3) is 0 Å². The topological polar surface area (TPSA) is 242 Å². The van der Waals surface area contributed by atoms with Gasteiger partial charge >= 0.3 is 11.9 Å². The first kappa shape index (κ1) is 30.6. The van der Waals surface area contributed by atoms with E-state index < -0.39 is 86.6 Å². The lowest BCUT2D eigenvalue weighted by Crippen LogP contribution is -2.64. The third-order valence-electron chi connectivity index (χ3n) is 6.57. The van der Waals surface area contributed by atoms with E-state index in [1.54, 1.807) is 0 Å². The highest BCUT2D eigenvalue weighted by Crippen LogP contribution is 2.29. The van der Waals surface area contributed by atoms with Gasteiger partial charge in [0.05, 0.1) is 11.1 Å². The number of hydrogen-bond acceptors (Lipinski definition) is 15. The summed E-state index contributed by atoms with van der Waals surface area (Å²) in [6.45, 7) is -1.20. The van der Waals surface area contributed by atoms with Gasteiger partial charge in [0.15, 0.2) is 12.6 Å². The number of ether oxygens (including phenoxy) is 5. The number of rotatable bonds is 8. The van der Waals surface area contributed by atoms with E-state index in [0.717, 1.165) is 0 Å². The van der Waals surface area contributed by atoms with Gasteiger partial charge in [0.25, 0.3) is 0 Å². The summed E-state index contributed by atoms with van der Waals surface area (Å²) in [7, 11) is 0. The molecule has 0 bridgehead atoms. The third kappa shape index (κ3) is 7.10. The standard InChI is InChI=1S/C26H30O15/c27-13-5-1-11(2-6-13)23(35)37-9-15-17(29)19(31)21(33)25(39-15)41-26-22(34)20(32)18(30)16(40-26)10-38-24(36)12-3-7-14(28)8-4-12/h1-8,15-22,25-34H,9-10H2/t15-,16-,17-,18-,19+,20+,21-,22-,25-,26-/m1/s1. The lowest BCUT2D eigenvalue weighted by atomic mass is 9.98. The van der Waals surface area contributed by atoms with Crippen molar-refractivity contribution in [3.05, 3.63) is 59.7 Å². The zero-order valence-electron chi connectivity index (χ0n) is 21.2. The van der Waals surface area contributed by atoms with Crippen molar-refractivity contribution in [3.63, 3.8) is 0 Å². The lowest BCUT2D eigenvalue weighted by Gasteiger charge is -2.44. The van der Waals surface area contributed by atoms with Gasteiger partial charge in [0, 0.05) is 0 Å². The summed E-state index contributed by atoms with van der Waals surface area (Å²) in [5, 5.41) is 80.8. The summed E-state index contributed by atoms with van der Waals surface area (Å²) < 4.78 is 26.6. The summed E-state index contributed by atoms with van der Waals surface area (Å²) in [4.78, 5) is 24.5. The van der Waals surface area contributed by atoms with Crippen molar-refractivity contribution in [2.45, 2.75) is 61.4 Å². The molecular weight excluding hydrogens is 552 g/mol. The van der Waals surface area contributed by atoms with E-state index in [4.69, 9.17) is 23.7 Å². The van der Waals surface area contributed by atoms with E-state index in [0.29, 0.717) is 0 Å². The molecule has 2 fully saturated rings. The third-order valence-corrected chi connectivity index (χ3v) is 6.57.